The van der Waals surface area contributed by atoms with Gasteiger partial charge in [0.1, 0.15) is 0 Å². The molecule has 0 atom stereocenters. The summed E-state index contributed by atoms with van der Waals surface area (Å²) in [7, 11) is 0. The molecule has 0 aliphatic heterocycles. The van der Waals surface area contributed by atoms with Gasteiger partial charge in [-0.1, -0.05) is 37.6 Å². The number of hydrogen-bond donors (Lipinski definition) is 0. The first kappa shape index (κ1) is 20.9. The fourth-order valence-corrected chi connectivity index (χ4v) is 3.25. The van der Waals surface area contributed by atoms with E-state index in [-0.39, 0.29) is 5.91 Å². The van der Waals surface area contributed by atoms with Crippen LogP contribution in [0.25, 0.3) is 0 Å². The maximum atomic E-state index is 13.0. The topological polar surface area (TPSA) is 25.2 Å². The number of aromatic nitrogens is 1. The summed E-state index contributed by atoms with van der Waals surface area (Å²) in [6.45, 7) is 10.1. The highest BCUT2D eigenvalue weighted by atomic mass is 35.5. The highest BCUT2D eigenvalue weighted by Gasteiger charge is 2.31. The maximum absolute atomic E-state index is 13.0. The molecule has 2 aromatic rings. The Kier molecular flexibility index (Phi) is 7.19. The Bertz CT molecular complexity index is 737. The van der Waals surface area contributed by atoms with Crippen LogP contribution in [0.5, 0.6) is 0 Å². The van der Waals surface area contributed by atoms with Crippen LogP contribution in [0.4, 0.5) is 0 Å². The van der Waals surface area contributed by atoms with Crippen molar-refractivity contribution in [1.82, 2.24) is 9.47 Å². The van der Waals surface area contributed by atoms with Gasteiger partial charge in [0, 0.05) is 35.9 Å². The van der Waals surface area contributed by atoms with Gasteiger partial charge in [-0.3, -0.25) is 4.79 Å². The van der Waals surface area contributed by atoms with Crippen LogP contribution in [0.2, 0.25) is 5.02 Å². The normalized spacial score (nSPS) is 11.8. The lowest BCUT2D eigenvalue weighted by Gasteiger charge is -2.32. The van der Waals surface area contributed by atoms with Crippen molar-refractivity contribution in [2.24, 2.45) is 11.3 Å². The number of nitrogens with zero attached hydrogens (tertiary/aromatic N) is 2. The number of benzene rings is 1. The van der Waals surface area contributed by atoms with E-state index in [1.165, 1.54) is 0 Å². The molecule has 0 saturated carbocycles. The van der Waals surface area contributed by atoms with Gasteiger partial charge in [0.25, 0.3) is 0 Å². The molecule has 2 rings (SSSR count). The molecular formula is C21H28Cl2N2O. The first-order valence-corrected chi connectivity index (χ1v) is 9.88. The molecule has 1 aromatic carbocycles. The highest BCUT2D eigenvalue weighted by Crippen LogP contribution is 2.23. The number of hydrogen-bond acceptors (Lipinski definition) is 1. The molecule has 0 saturated heterocycles. The van der Waals surface area contributed by atoms with E-state index in [0.717, 1.165) is 22.8 Å². The lowest BCUT2D eigenvalue weighted by Crippen LogP contribution is -2.43. The minimum atomic E-state index is -0.569. The van der Waals surface area contributed by atoms with Crippen LogP contribution in [0.15, 0.2) is 42.6 Å². The summed E-state index contributed by atoms with van der Waals surface area (Å²) in [5, 5.41) is 0.733. The van der Waals surface area contributed by atoms with E-state index < -0.39 is 5.41 Å². The summed E-state index contributed by atoms with van der Waals surface area (Å²) in [5.41, 5.74) is 1.67. The quantitative estimate of drug-likeness (QED) is 0.547. The SMILES string of the molecule is CC(C)CN(Cc1cccn1Cc1cccc(Cl)c1)C(=O)C(C)(C)CCl. The zero-order valence-corrected chi connectivity index (χ0v) is 17.5. The first-order valence-electron chi connectivity index (χ1n) is 8.96. The standard InChI is InChI=1S/C21H28Cl2N2O/c1-16(2)12-25(20(26)21(3,4)15-22)14-19-9-6-10-24(19)13-17-7-5-8-18(23)11-17/h5-11,16H,12-15H2,1-4H3. The van der Waals surface area contributed by atoms with Gasteiger partial charge < -0.3 is 9.47 Å². The fourth-order valence-electron chi connectivity index (χ4n) is 2.92. The summed E-state index contributed by atoms with van der Waals surface area (Å²) in [6, 6.07) is 11.9. The van der Waals surface area contributed by atoms with Gasteiger partial charge in [-0.2, -0.15) is 0 Å². The largest absolute Gasteiger partial charge is 0.345 e. The third-order valence-electron chi connectivity index (χ3n) is 4.30. The summed E-state index contributed by atoms with van der Waals surface area (Å²) in [5.74, 6) is 0.794. The summed E-state index contributed by atoms with van der Waals surface area (Å²) >= 11 is 12.1. The van der Waals surface area contributed by atoms with Crippen molar-refractivity contribution in [1.29, 1.82) is 0 Å². The number of carbonyl (C=O) groups excluding carboxylic acids is 1. The molecule has 142 valence electrons. The Morgan fingerprint density at radius 3 is 2.58 bits per heavy atom. The molecule has 5 heteroatoms. The number of rotatable bonds is 8. The average Bonchev–Trinajstić information content (AvgIpc) is 3.00. The summed E-state index contributed by atoms with van der Waals surface area (Å²) in [6.07, 6.45) is 2.04. The second-order valence-corrected chi connectivity index (χ2v) is 8.56. The van der Waals surface area contributed by atoms with E-state index in [4.69, 9.17) is 23.2 Å². The predicted molar refractivity (Wildman–Crippen MR) is 110 cm³/mol. The van der Waals surface area contributed by atoms with Crippen LogP contribution in [-0.2, 0) is 17.9 Å². The molecular weight excluding hydrogens is 367 g/mol. The third-order valence-corrected chi connectivity index (χ3v) is 5.21. The van der Waals surface area contributed by atoms with Crippen molar-refractivity contribution in [3.8, 4) is 0 Å². The molecule has 0 aliphatic rings. The molecule has 0 radical (unpaired) electrons. The van der Waals surface area contributed by atoms with E-state index in [2.05, 4.69) is 30.5 Å². The lowest BCUT2D eigenvalue weighted by atomic mass is 9.93. The molecule has 3 nitrogen and oxygen atoms in total. The number of carbonyl (C=O) groups is 1. The Balaban J connectivity index is 2.21. The fraction of sp³-hybridized carbons (Fsp3) is 0.476. The van der Waals surface area contributed by atoms with Crippen molar-refractivity contribution >= 4 is 29.1 Å². The predicted octanol–water partition coefficient (Wildman–Crippen LogP) is 5.44. The van der Waals surface area contributed by atoms with Gasteiger partial charge in [-0.05, 0) is 49.6 Å². The van der Waals surface area contributed by atoms with Gasteiger partial charge in [-0.25, -0.2) is 0 Å². The van der Waals surface area contributed by atoms with Gasteiger partial charge >= 0.3 is 0 Å². The lowest BCUT2D eigenvalue weighted by molar-refractivity contribution is -0.140. The van der Waals surface area contributed by atoms with Gasteiger partial charge in [-0.15, -0.1) is 11.6 Å². The molecule has 1 aromatic heterocycles. The molecule has 0 fully saturated rings. The second-order valence-electron chi connectivity index (χ2n) is 7.85. The van der Waals surface area contributed by atoms with Gasteiger partial charge in [0.05, 0.1) is 12.0 Å². The van der Waals surface area contributed by atoms with E-state index in [0.29, 0.717) is 24.9 Å². The van der Waals surface area contributed by atoms with Crippen LogP contribution in [0.3, 0.4) is 0 Å². The van der Waals surface area contributed by atoms with Crippen molar-refractivity contribution in [3.05, 3.63) is 58.9 Å². The first-order chi connectivity index (χ1) is 12.2. The smallest absolute Gasteiger partial charge is 0.229 e. The summed E-state index contributed by atoms with van der Waals surface area (Å²) in [4.78, 5) is 14.9. The molecule has 0 N–H and O–H groups in total. The maximum Gasteiger partial charge on any atom is 0.229 e. The van der Waals surface area contributed by atoms with Crippen LogP contribution in [-0.4, -0.2) is 27.8 Å². The Hall–Kier alpha value is -1.45. The van der Waals surface area contributed by atoms with Crippen molar-refractivity contribution in [2.75, 3.05) is 12.4 Å². The summed E-state index contributed by atoms with van der Waals surface area (Å²) < 4.78 is 2.17. The van der Waals surface area contributed by atoms with E-state index >= 15 is 0 Å². The van der Waals surface area contributed by atoms with E-state index in [1.807, 2.05) is 49.2 Å². The van der Waals surface area contributed by atoms with Gasteiger partial charge in [0.15, 0.2) is 0 Å². The van der Waals surface area contributed by atoms with Crippen molar-refractivity contribution in [3.63, 3.8) is 0 Å². The Labute approximate surface area is 166 Å². The monoisotopic (exact) mass is 394 g/mol. The molecule has 1 amide bonds. The molecule has 0 aliphatic carbocycles. The zero-order valence-electron chi connectivity index (χ0n) is 16.0. The molecule has 0 unspecified atom stereocenters. The average molecular weight is 395 g/mol. The number of amides is 1. The minimum absolute atomic E-state index is 0.0942. The van der Waals surface area contributed by atoms with Crippen molar-refractivity contribution in [2.45, 2.75) is 40.8 Å². The van der Waals surface area contributed by atoms with E-state index in [1.54, 1.807) is 0 Å². The van der Waals surface area contributed by atoms with E-state index in [9.17, 15) is 4.79 Å². The minimum Gasteiger partial charge on any atom is -0.345 e. The van der Waals surface area contributed by atoms with Crippen LogP contribution < -0.4 is 0 Å². The molecule has 1 heterocycles. The Morgan fingerprint density at radius 2 is 1.96 bits per heavy atom. The van der Waals surface area contributed by atoms with Crippen LogP contribution >= 0.6 is 23.2 Å². The highest BCUT2D eigenvalue weighted by molar-refractivity contribution is 6.30. The molecule has 26 heavy (non-hydrogen) atoms. The number of halogens is 2. The molecule has 0 bridgehead atoms. The number of alkyl halides is 1. The van der Waals surface area contributed by atoms with Crippen LogP contribution in [0.1, 0.15) is 39.0 Å². The van der Waals surface area contributed by atoms with Crippen LogP contribution in [0, 0.1) is 11.3 Å². The van der Waals surface area contributed by atoms with Crippen molar-refractivity contribution < 1.29 is 4.79 Å². The van der Waals surface area contributed by atoms with Gasteiger partial charge in [0.2, 0.25) is 5.91 Å². The third kappa shape index (κ3) is 5.52. The molecule has 0 spiro atoms. The Morgan fingerprint density at radius 1 is 1.23 bits per heavy atom. The second kappa shape index (κ2) is 8.96. The zero-order chi connectivity index (χ0) is 19.3.